The van der Waals surface area contributed by atoms with Crippen molar-refractivity contribution in [3.63, 3.8) is 0 Å². The third-order valence-electron chi connectivity index (χ3n) is 1.23. The van der Waals surface area contributed by atoms with Crippen LogP contribution in [-0.4, -0.2) is 16.8 Å². The van der Waals surface area contributed by atoms with Crippen molar-refractivity contribution < 1.29 is 19.1 Å². The first kappa shape index (κ1) is 13.9. The lowest BCUT2D eigenvalue weighted by atomic mass is 10.4. The van der Waals surface area contributed by atoms with E-state index in [2.05, 4.69) is 27.2 Å². The summed E-state index contributed by atoms with van der Waals surface area (Å²) in [6.07, 6.45) is 1.37. The number of alkyl halides is 1. The van der Waals surface area contributed by atoms with Crippen LogP contribution < -0.4 is 0 Å². The smallest absolute Gasteiger partial charge is 0.324 e. The third-order valence-corrected chi connectivity index (χ3v) is 1.60. The molecule has 1 atom stereocenters. The molecule has 0 spiro atoms. The number of carbonyl (C=O) groups excluding carboxylic acids is 2. The first-order chi connectivity index (χ1) is 6.82. The summed E-state index contributed by atoms with van der Waals surface area (Å²) >= 11 is 3.07. The Kier molecular flexibility index (Phi) is 5.93. The molecule has 0 saturated carbocycles. The average Bonchev–Trinajstić information content (AvgIpc) is 2.00. The molecule has 0 N–H and O–H groups in total. The van der Waals surface area contributed by atoms with Crippen molar-refractivity contribution in [2.75, 3.05) is 0 Å². The van der Waals surface area contributed by atoms with Gasteiger partial charge in [0.25, 0.3) is 0 Å². The summed E-state index contributed by atoms with van der Waals surface area (Å²) in [5.41, 5.74) is 0. The normalized spacial score (nSPS) is 12.9. The highest BCUT2D eigenvalue weighted by molar-refractivity contribution is 9.10. The molecule has 0 aromatic rings. The molecule has 0 aliphatic rings. The Morgan fingerprint density at radius 1 is 1.33 bits per heavy atom. The largest absolute Gasteiger partial charge is 0.430 e. The maximum Gasteiger partial charge on any atom is 0.324 e. The van der Waals surface area contributed by atoms with E-state index in [1.807, 2.05) is 0 Å². The maximum absolute atomic E-state index is 11.1. The van der Waals surface area contributed by atoms with E-state index >= 15 is 0 Å². The van der Waals surface area contributed by atoms with Crippen molar-refractivity contribution in [2.45, 2.75) is 25.6 Å². The molecule has 15 heavy (non-hydrogen) atoms. The Hall–Kier alpha value is -1.10. The summed E-state index contributed by atoms with van der Waals surface area (Å²) in [6, 6.07) is 0. The summed E-state index contributed by atoms with van der Waals surface area (Å²) < 4.78 is 9.54. The van der Waals surface area contributed by atoms with E-state index in [0.29, 0.717) is 5.76 Å². The van der Waals surface area contributed by atoms with E-state index in [1.54, 1.807) is 13.8 Å². The lowest BCUT2D eigenvalue weighted by molar-refractivity contribution is -0.138. The van der Waals surface area contributed by atoms with Crippen LogP contribution in [0.5, 0.6) is 0 Å². The summed E-state index contributed by atoms with van der Waals surface area (Å²) in [5.74, 6) is -0.434. The molecule has 0 aromatic heterocycles. The zero-order valence-electron chi connectivity index (χ0n) is 8.87. The molecule has 0 rings (SSSR count). The molecule has 0 aliphatic heterocycles. The summed E-state index contributed by atoms with van der Waals surface area (Å²) in [5, 5.41) is 0. The Labute approximate surface area is 97.1 Å². The maximum atomic E-state index is 11.1. The fraction of sp³-hybridized carbons (Fsp3) is 0.400. The number of allylic oxidation sites excluding steroid dienone is 2. The fourth-order valence-corrected chi connectivity index (χ4v) is 0.804. The number of halogens is 1. The van der Waals surface area contributed by atoms with Crippen molar-refractivity contribution in [1.29, 1.82) is 0 Å². The molecule has 0 fully saturated rings. The number of ether oxygens (including phenoxy) is 2. The highest BCUT2D eigenvalue weighted by Crippen LogP contribution is 2.08. The van der Waals surface area contributed by atoms with Gasteiger partial charge in [0.1, 0.15) is 16.3 Å². The predicted octanol–water partition coefficient (Wildman–Crippen LogP) is 2.29. The van der Waals surface area contributed by atoms with Crippen LogP contribution in [-0.2, 0) is 19.1 Å². The average molecular weight is 277 g/mol. The monoisotopic (exact) mass is 276 g/mol. The molecule has 5 heteroatoms. The van der Waals surface area contributed by atoms with E-state index in [4.69, 9.17) is 4.74 Å². The molecule has 0 aliphatic carbocycles. The van der Waals surface area contributed by atoms with Gasteiger partial charge in [-0.3, -0.25) is 9.59 Å². The Morgan fingerprint density at radius 3 is 2.27 bits per heavy atom. The number of hydrogen-bond acceptors (Lipinski definition) is 4. The van der Waals surface area contributed by atoms with Crippen molar-refractivity contribution >= 4 is 27.9 Å². The van der Waals surface area contributed by atoms with Gasteiger partial charge in [-0.25, -0.2) is 0 Å². The van der Waals surface area contributed by atoms with Gasteiger partial charge in [-0.05, 0) is 13.8 Å². The molecule has 0 bridgehead atoms. The van der Waals surface area contributed by atoms with E-state index in [-0.39, 0.29) is 10.6 Å². The van der Waals surface area contributed by atoms with Crippen molar-refractivity contribution in [1.82, 2.24) is 0 Å². The van der Waals surface area contributed by atoms with Crippen LogP contribution in [0, 0.1) is 0 Å². The number of carbonyl (C=O) groups is 2. The van der Waals surface area contributed by atoms with Gasteiger partial charge in [-0.15, -0.1) is 0 Å². The van der Waals surface area contributed by atoms with Gasteiger partial charge in [-0.1, -0.05) is 22.5 Å². The van der Waals surface area contributed by atoms with Crippen LogP contribution in [0.15, 0.2) is 24.2 Å². The van der Waals surface area contributed by atoms with Crippen LogP contribution in [0.1, 0.15) is 20.8 Å². The van der Waals surface area contributed by atoms with Crippen LogP contribution in [0.2, 0.25) is 0 Å². The topological polar surface area (TPSA) is 52.6 Å². The molecule has 0 heterocycles. The van der Waals surface area contributed by atoms with Gasteiger partial charge >= 0.3 is 11.9 Å². The van der Waals surface area contributed by atoms with E-state index in [9.17, 15) is 9.59 Å². The van der Waals surface area contributed by atoms with Gasteiger partial charge in [0.05, 0.1) is 0 Å². The lowest BCUT2D eigenvalue weighted by Gasteiger charge is -2.06. The van der Waals surface area contributed by atoms with Gasteiger partial charge < -0.3 is 9.47 Å². The van der Waals surface area contributed by atoms with Crippen LogP contribution in [0.4, 0.5) is 0 Å². The molecule has 0 saturated heterocycles. The standard InChI is InChI=1S/C10H13BrO4/c1-6(14-9(4)12)5-7(2)15-10(13)8(3)11/h5,8H,1H2,2-4H3/b7-5+. The van der Waals surface area contributed by atoms with E-state index in [1.165, 1.54) is 13.0 Å². The van der Waals surface area contributed by atoms with Gasteiger partial charge in [-0.2, -0.15) is 0 Å². The first-order valence-corrected chi connectivity index (χ1v) is 5.16. The van der Waals surface area contributed by atoms with Crippen LogP contribution in [0.25, 0.3) is 0 Å². The second kappa shape index (κ2) is 6.40. The summed E-state index contributed by atoms with van der Waals surface area (Å²) in [7, 11) is 0. The highest BCUT2D eigenvalue weighted by Gasteiger charge is 2.11. The summed E-state index contributed by atoms with van der Waals surface area (Å²) in [6.45, 7) is 7.95. The lowest BCUT2D eigenvalue weighted by Crippen LogP contribution is -2.12. The molecular weight excluding hydrogens is 264 g/mol. The molecule has 0 amide bonds. The van der Waals surface area contributed by atoms with Crippen molar-refractivity contribution in [3.8, 4) is 0 Å². The minimum Gasteiger partial charge on any atom is -0.430 e. The second-order valence-corrected chi connectivity index (χ2v) is 4.23. The van der Waals surface area contributed by atoms with Crippen LogP contribution >= 0.6 is 15.9 Å². The Bertz CT molecular complexity index is 305. The van der Waals surface area contributed by atoms with Gasteiger partial charge in [0, 0.05) is 13.0 Å². The quantitative estimate of drug-likeness (QED) is 0.342. The summed E-state index contributed by atoms with van der Waals surface area (Å²) in [4.78, 5) is 21.3. The fourth-order valence-electron chi connectivity index (χ4n) is 0.710. The molecular formula is C10H13BrO4. The molecule has 0 radical (unpaired) electrons. The molecule has 4 nitrogen and oxygen atoms in total. The van der Waals surface area contributed by atoms with Gasteiger partial charge in [0.2, 0.25) is 0 Å². The van der Waals surface area contributed by atoms with Crippen molar-refractivity contribution in [2.24, 2.45) is 0 Å². The highest BCUT2D eigenvalue weighted by atomic mass is 79.9. The number of esters is 2. The van der Waals surface area contributed by atoms with E-state index < -0.39 is 11.9 Å². The number of hydrogen-bond donors (Lipinski definition) is 0. The third kappa shape index (κ3) is 6.90. The minimum atomic E-state index is -0.468. The minimum absolute atomic E-state index is 0.134. The number of rotatable bonds is 4. The molecule has 84 valence electrons. The zero-order chi connectivity index (χ0) is 12.0. The van der Waals surface area contributed by atoms with Gasteiger partial charge in [0.15, 0.2) is 0 Å². The zero-order valence-corrected chi connectivity index (χ0v) is 10.5. The molecule has 1 unspecified atom stereocenters. The van der Waals surface area contributed by atoms with Crippen molar-refractivity contribution in [3.05, 3.63) is 24.2 Å². The van der Waals surface area contributed by atoms with Crippen LogP contribution in [0.3, 0.4) is 0 Å². The predicted molar refractivity (Wildman–Crippen MR) is 59.1 cm³/mol. The SMILES string of the molecule is C=C(/C=C(\C)OC(=O)C(C)Br)OC(C)=O. The Morgan fingerprint density at radius 2 is 1.87 bits per heavy atom. The molecule has 0 aromatic carbocycles. The second-order valence-electron chi connectivity index (χ2n) is 2.85. The first-order valence-electron chi connectivity index (χ1n) is 4.24. The van der Waals surface area contributed by atoms with E-state index in [0.717, 1.165) is 0 Å². The Balaban J connectivity index is 4.26.